The van der Waals surface area contributed by atoms with E-state index in [4.69, 9.17) is 0 Å². The van der Waals surface area contributed by atoms with E-state index in [-0.39, 0.29) is 22.9 Å². The molecule has 1 amide bonds. The zero-order valence-corrected chi connectivity index (χ0v) is 15.0. The van der Waals surface area contributed by atoms with Crippen molar-refractivity contribution in [1.29, 1.82) is 0 Å². The number of carbonyl (C=O) groups is 2. The standard InChI is InChI=1S/C20H27FN2O2/c1-16(24)3-8-19(25)23-12-10-20(15-23)9-2-11-22(14-20)13-17-4-6-18(21)7-5-17/h4-7H,2-3,8-15H2,1H3/t20-/m1/s1. The number of ketones is 1. The average Bonchev–Trinajstić information content (AvgIpc) is 2.98. The van der Waals surface area contributed by atoms with E-state index < -0.39 is 0 Å². The molecule has 0 saturated carbocycles. The van der Waals surface area contributed by atoms with Crippen molar-refractivity contribution in [2.75, 3.05) is 26.2 Å². The molecule has 0 aliphatic carbocycles. The largest absolute Gasteiger partial charge is 0.342 e. The molecule has 25 heavy (non-hydrogen) atoms. The lowest BCUT2D eigenvalue weighted by molar-refractivity contribution is -0.132. The number of likely N-dealkylation sites (tertiary alicyclic amines) is 2. The number of rotatable bonds is 5. The Morgan fingerprint density at radius 2 is 1.84 bits per heavy atom. The number of hydrogen-bond acceptors (Lipinski definition) is 3. The number of amides is 1. The number of halogens is 1. The second-order valence-electron chi connectivity index (χ2n) is 7.71. The summed E-state index contributed by atoms with van der Waals surface area (Å²) in [5, 5.41) is 0. The molecule has 136 valence electrons. The van der Waals surface area contributed by atoms with Gasteiger partial charge in [0.2, 0.25) is 5.91 Å². The number of carbonyl (C=O) groups excluding carboxylic acids is 2. The molecule has 2 aliphatic heterocycles. The molecule has 3 rings (SSSR count). The maximum Gasteiger partial charge on any atom is 0.223 e. The van der Waals surface area contributed by atoms with Gasteiger partial charge >= 0.3 is 0 Å². The Bertz CT molecular complexity index is 631. The zero-order valence-electron chi connectivity index (χ0n) is 15.0. The molecule has 1 aromatic rings. The highest BCUT2D eigenvalue weighted by atomic mass is 19.1. The normalized spacial score (nSPS) is 24.0. The van der Waals surface area contributed by atoms with Crippen molar-refractivity contribution < 1.29 is 14.0 Å². The van der Waals surface area contributed by atoms with Gasteiger partial charge in [0.25, 0.3) is 0 Å². The fourth-order valence-electron chi connectivity index (χ4n) is 4.22. The molecule has 0 radical (unpaired) electrons. The second-order valence-corrected chi connectivity index (χ2v) is 7.71. The summed E-state index contributed by atoms with van der Waals surface area (Å²) < 4.78 is 13.1. The van der Waals surface area contributed by atoms with Crippen LogP contribution in [0.15, 0.2) is 24.3 Å². The Labute approximate surface area is 149 Å². The molecule has 0 unspecified atom stereocenters. The van der Waals surface area contributed by atoms with E-state index >= 15 is 0 Å². The van der Waals surface area contributed by atoms with Crippen LogP contribution in [0.3, 0.4) is 0 Å². The van der Waals surface area contributed by atoms with Crippen LogP contribution in [0.25, 0.3) is 0 Å². The van der Waals surface area contributed by atoms with E-state index in [2.05, 4.69) is 4.90 Å². The minimum Gasteiger partial charge on any atom is -0.342 e. The van der Waals surface area contributed by atoms with E-state index in [0.29, 0.717) is 12.8 Å². The van der Waals surface area contributed by atoms with Gasteiger partial charge in [0.05, 0.1) is 0 Å². The molecule has 1 aromatic carbocycles. The van der Waals surface area contributed by atoms with Crippen LogP contribution in [-0.4, -0.2) is 47.7 Å². The summed E-state index contributed by atoms with van der Waals surface area (Å²) in [5.41, 5.74) is 1.32. The summed E-state index contributed by atoms with van der Waals surface area (Å²) in [6.07, 6.45) is 4.02. The lowest BCUT2D eigenvalue weighted by Crippen LogP contribution is -2.45. The van der Waals surface area contributed by atoms with Crippen molar-refractivity contribution in [3.05, 3.63) is 35.6 Å². The van der Waals surface area contributed by atoms with Crippen LogP contribution in [0.1, 0.15) is 44.6 Å². The third kappa shape index (κ3) is 4.66. The van der Waals surface area contributed by atoms with Gasteiger partial charge in [0, 0.05) is 44.4 Å². The number of Topliss-reactive ketones (excluding diaryl/α,β-unsaturated/α-hetero) is 1. The monoisotopic (exact) mass is 346 g/mol. The molecule has 5 heteroatoms. The van der Waals surface area contributed by atoms with Crippen molar-refractivity contribution in [3.63, 3.8) is 0 Å². The molecule has 4 nitrogen and oxygen atoms in total. The van der Waals surface area contributed by atoms with Gasteiger partial charge < -0.3 is 9.69 Å². The van der Waals surface area contributed by atoms with Gasteiger partial charge in [-0.1, -0.05) is 12.1 Å². The summed E-state index contributed by atoms with van der Waals surface area (Å²) in [6, 6.07) is 6.73. The van der Waals surface area contributed by atoms with Crippen LogP contribution in [0, 0.1) is 11.2 Å². The van der Waals surface area contributed by atoms with Gasteiger partial charge in [-0.25, -0.2) is 4.39 Å². The van der Waals surface area contributed by atoms with Crippen LogP contribution in [-0.2, 0) is 16.1 Å². The summed E-state index contributed by atoms with van der Waals surface area (Å²) in [6.45, 7) is 6.02. The number of nitrogens with zero attached hydrogens (tertiary/aromatic N) is 2. The van der Waals surface area contributed by atoms with Gasteiger partial charge in [0.15, 0.2) is 0 Å². The van der Waals surface area contributed by atoms with Crippen molar-refractivity contribution >= 4 is 11.7 Å². The van der Waals surface area contributed by atoms with Crippen molar-refractivity contribution in [3.8, 4) is 0 Å². The number of piperidine rings is 1. The van der Waals surface area contributed by atoms with Crippen LogP contribution >= 0.6 is 0 Å². The third-order valence-corrected chi connectivity index (χ3v) is 5.54. The lowest BCUT2D eigenvalue weighted by atomic mass is 9.79. The van der Waals surface area contributed by atoms with E-state index in [1.54, 1.807) is 0 Å². The Morgan fingerprint density at radius 3 is 2.56 bits per heavy atom. The fraction of sp³-hybridized carbons (Fsp3) is 0.600. The first kappa shape index (κ1) is 18.1. The average molecular weight is 346 g/mol. The Hall–Kier alpha value is -1.75. The third-order valence-electron chi connectivity index (χ3n) is 5.54. The first-order chi connectivity index (χ1) is 12.0. The predicted molar refractivity (Wildman–Crippen MR) is 94.5 cm³/mol. The van der Waals surface area contributed by atoms with Gasteiger partial charge in [-0.15, -0.1) is 0 Å². The summed E-state index contributed by atoms with van der Waals surface area (Å²) in [7, 11) is 0. The minimum atomic E-state index is -0.200. The highest BCUT2D eigenvalue weighted by Crippen LogP contribution is 2.39. The van der Waals surface area contributed by atoms with Crippen LogP contribution in [0.2, 0.25) is 0 Å². The molecule has 0 bridgehead atoms. The van der Waals surface area contributed by atoms with Gasteiger partial charge in [-0.3, -0.25) is 9.69 Å². The molecule has 1 atom stereocenters. The summed E-state index contributed by atoms with van der Waals surface area (Å²) >= 11 is 0. The van der Waals surface area contributed by atoms with E-state index in [0.717, 1.165) is 57.5 Å². The van der Waals surface area contributed by atoms with Crippen molar-refractivity contribution in [2.45, 2.75) is 45.6 Å². The fourth-order valence-corrected chi connectivity index (χ4v) is 4.22. The molecule has 0 aromatic heterocycles. The van der Waals surface area contributed by atoms with Crippen molar-refractivity contribution in [1.82, 2.24) is 9.80 Å². The molecule has 1 spiro atoms. The molecular weight excluding hydrogens is 319 g/mol. The lowest BCUT2D eigenvalue weighted by Gasteiger charge is -2.40. The van der Waals surface area contributed by atoms with Crippen molar-refractivity contribution in [2.24, 2.45) is 5.41 Å². The maximum absolute atomic E-state index is 13.1. The Kier molecular flexibility index (Phi) is 5.52. The second kappa shape index (κ2) is 7.65. The maximum atomic E-state index is 13.1. The van der Waals surface area contributed by atoms with E-state index in [1.807, 2.05) is 17.0 Å². The topological polar surface area (TPSA) is 40.6 Å². The molecule has 2 heterocycles. The number of benzene rings is 1. The predicted octanol–water partition coefficient (Wildman–Crippen LogP) is 3.01. The Morgan fingerprint density at radius 1 is 1.08 bits per heavy atom. The van der Waals surface area contributed by atoms with Gasteiger partial charge in [-0.2, -0.15) is 0 Å². The first-order valence-corrected chi connectivity index (χ1v) is 9.20. The smallest absolute Gasteiger partial charge is 0.223 e. The van der Waals surface area contributed by atoms with Gasteiger partial charge in [0.1, 0.15) is 11.6 Å². The van der Waals surface area contributed by atoms with Crippen LogP contribution < -0.4 is 0 Å². The van der Waals surface area contributed by atoms with Crippen LogP contribution in [0.5, 0.6) is 0 Å². The zero-order chi connectivity index (χ0) is 17.9. The molecule has 2 saturated heterocycles. The van der Waals surface area contributed by atoms with E-state index in [9.17, 15) is 14.0 Å². The molecule has 2 aliphatic rings. The SMILES string of the molecule is CC(=O)CCC(=O)N1CC[C@@]2(CCCN(Cc3ccc(F)cc3)C2)C1. The minimum absolute atomic E-state index is 0.0744. The summed E-state index contributed by atoms with van der Waals surface area (Å²) in [5.74, 6) is -0.0116. The summed E-state index contributed by atoms with van der Waals surface area (Å²) in [4.78, 5) is 27.8. The van der Waals surface area contributed by atoms with Gasteiger partial charge in [-0.05, 0) is 50.4 Å². The molecular formula is C20H27FN2O2. The molecule has 2 fully saturated rings. The first-order valence-electron chi connectivity index (χ1n) is 9.20. The van der Waals surface area contributed by atoms with Crippen LogP contribution in [0.4, 0.5) is 4.39 Å². The highest BCUT2D eigenvalue weighted by molar-refractivity contribution is 5.83. The quantitative estimate of drug-likeness (QED) is 0.823. The highest BCUT2D eigenvalue weighted by Gasteiger charge is 2.42. The molecule has 0 N–H and O–H groups in total. The Balaban J connectivity index is 1.56. The number of hydrogen-bond donors (Lipinski definition) is 0. The van der Waals surface area contributed by atoms with E-state index in [1.165, 1.54) is 19.1 Å².